The van der Waals surface area contributed by atoms with Gasteiger partial charge >= 0.3 is 6.41 Å². The molecule has 4 heteroatoms. The zero-order valence-corrected chi connectivity index (χ0v) is 6.46. The van der Waals surface area contributed by atoms with Crippen molar-refractivity contribution in [2.24, 2.45) is 0 Å². The van der Waals surface area contributed by atoms with Crippen molar-refractivity contribution in [3.05, 3.63) is 0 Å². The SMILES string of the molecule is CNC(=O)C1CCCN1[C]=O. The van der Waals surface area contributed by atoms with Gasteiger partial charge in [0.15, 0.2) is 0 Å². The number of likely N-dealkylation sites (tertiary alicyclic amines) is 1. The number of rotatable bonds is 2. The third-order valence-corrected chi connectivity index (χ3v) is 1.92. The summed E-state index contributed by atoms with van der Waals surface area (Å²) in [7, 11) is 1.57. The van der Waals surface area contributed by atoms with Crippen LogP contribution in [0.5, 0.6) is 0 Å². The van der Waals surface area contributed by atoms with Crippen LogP contribution in [0.3, 0.4) is 0 Å². The molecule has 0 spiro atoms. The van der Waals surface area contributed by atoms with Gasteiger partial charge in [0.05, 0.1) is 0 Å². The fourth-order valence-electron chi connectivity index (χ4n) is 1.32. The van der Waals surface area contributed by atoms with E-state index in [9.17, 15) is 9.59 Å². The molecule has 0 aromatic carbocycles. The summed E-state index contributed by atoms with van der Waals surface area (Å²) >= 11 is 0. The van der Waals surface area contributed by atoms with Crippen LogP contribution in [0.2, 0.25) is 0 Å². The van der Waals surface area contributed by atoms with Gasteiger partial charge in [-0.25, -0.2) is 0 Å². The Morgan fingerprint density at radius 2 is 2.45 bits per heavy atom. The second-order valence-electron chi connectivity index (χ2n) is 2.56. The topological polar surface area (TPSA) is 49.4 Å². The molecule has 1 aliphatic heterocycles. The molecular formula is C7H11N2O2. The smallest absolute Gasteiger partial charge is 0.312 e. The number of likely N-dealkylation sites (N-methyl/N-ethyl adjacent to an activating group) is 1. The van der Waals surface area contributed by atoms with Crippen molar-refractivity contribution in [1.29, 1.82) is 0 Å². The first kappa shape index (κ1) is 8.04. The molecule has 61 valence electrons. The first-order valence-corrected chi connectivity index (χ1v) is 3.65. The molecular weight excluding hydrogens is 144 g/mol. The van der Waals surface area contributed by atoms with Crippen LogP contribution in [-0.2, 0) is 9.59 Å². The minimum atomic E-state index is -0.280. The molecule has 2 amide bonds. The van der Waals surface area contributed by atoms with Crippen LogP contribution in [0.25, 0.3) is 0 Å². The highest BCUT2D eigenvalue weighted by atomic mass is 16.2. The monoisotopic (exact) mass is 155 g/mol. The van der Waals surface area contributed by atoms with Gasteiger partial charge in [-0.15, -0.1) is 0 Å². The molecule has 1 heterocycles. The van der Waals surface area contributed by atoms with Gasteiger partial charge in [0.2, 0.25) is 5.91 Å². The van der Waals surface area contributed by atoms with E-state index in [-0.39, 0.29) is 11.9 Å². The van der Waals surface area contributed by atoms with E-state index in [1.165, 1.54) is 4.90 Å². The van der Waals surface area contributed by atoms with E-state index >= 15 is 0 Å². The Hall–Kier alpha value is -1.06. The normalized spacial score (nSPS) is 23.4. The van der Waals surface area contributed by atoms with Crippen LogP contribution in [0, 0.1) is 0 Å². The van der Waals surface area contributed by atoms with Crippen LogP contribution >= 0.6 is 0 Å². The Bertz CT molecular complexity index is 170. The lowest BCUT2D eigenvalue weighted by atomic mass is 10.2. The van der Waals surface area contributed by atoms with Crippen molar-refractivity contribution < 1.29 is 9.59 Å². The quantitative estimate of drug-likeness (QED) is 0.571. The molecule has 1 saturated heterocycles. The maximum atomic E-state index is 11.1. The number of hydrogen-bond donors (Lipinski definition) is 1. The van der Waals surface area contributed by atoms with Crippen LogP contribution in [0.15, 0.2) is 0 Å². The number of nitrogens with one attached hydrogen (secondary N) is 1. The van der Waals surface area contributed by atoms with Crippen molar-refractivity contribution in [2.45, 2.75) is 18.9 Å². The van der Waals surface area contributed by atoms with Crippen LogP contribution in [0.1, 0.15) is 12.8 Å². The molecule has 4 nitrogen and oxygen atoms in total. The minimum absolute atomic E-state index is 0.0918. The molecule has 0 aromatic heterocycles. The highest BCUT2D eigenvalue weighted by molar-refractivity contribution is 5.83. The number of amides is 2. The van der Waals surface area contributed by atoms with E-state index in [2.05, 4.69) is 5.32 Å². The summed E-state index contributed by atoms with van der Waals surface area (Å²) < 4.78 is 0. The highest BCUT2D eigenvalue weighted by Crippen LogP contribution is 2.14. The lowest BCUT2D eigenvalue weighted by molar-refractivity contribution is -0.123. The average molecular weight is 155 g/mol. The molecule has 0 saturated carbocycles. The van der Waals surface area contributed by atoms with Crippen LogP contribution in [-0.4, -0.2) is 36.9 Å². The van der Waals surface area contributed by atoms with Gasteiger partial charge in [0, 0.05) is 13.6 Å². The van der Waals surface area contributed by atoms with Crippen molar-refractivity contribution in [2.75, 3.05) is 13.6 Å². The van der Waals surface area contributed by atoms with E-state index in [1.807, 2.05) is 0 Å². The number of carbonyl (C=O) groups excluding carboxylic acids is 2. The first-order chi connectivity index (χ1) is 5.29. The Balaban J connectivity index is 2.56. The fraction of sp³-hybridized carbons (Fsp3) is 0.714. The standard InChI is InChI=1S/C7H11N2O2/c1-8-7(11)6-3-2-4-9(6)5-10/h6H,2-4H2,1H3,(H,8,11). The summed E-state index contributed by atoms with van der Waals surface area (Å²) in [6, 6.07) is -0.280. The predicted molar refractivity (Wildman–Crippen MR) is 39.5 cm³/mol. The van der Waals surface area contributed by atoms with E-state index in [0.29, 0.717) is 6.54 Å². The molecule has 1 rings (SSSR count). The molecule has 1 aliphatic rings. The minimum Gasteiger partial charge on any atom is -0.357 e. The average Bonchev–Trinajstić information content (AvgIpc) is 2.50. The maximum Gasteiger partial charge on any atom is 0.312 e. The Morgan fingerprint density at radius 3 is 3.00 bits per heavy atom. The predicted octanol–water partition coefficient (Wildman–Crippen LogP) is -0.736. The lowest BCUT2D eigenvalue weighted by Crippen LogP contribution is -2.41. The second-order valence-corrected chi connectivity index (χ2v) is 2.56. The number of nitrogens with zero attached hydrogens (tertiary/aromatic N) is 1. The van der Waals surface area contributed by atoms with Crippen LogP contribution in [0.4, 0.5) is 0 Å². The molecule has 0 aromatic rings. The Kier molecular flexibility index (Phi) is 2.46. The zero-order chi connectivity index (χ0) is 8.27. The van der Waals surface area contributed by atoms with E-state index in [1.54, 1.807) is 13.5 Å². The van der Waals surface area contributed by atoms with Gasteiger partial charge in [-0.3, -0.25) is 9.59 Å². The van der Waals surface area contributed by atoms with Gasteiger partial charge in [0.25, 0.3) is 0 Å². The summed E-state index contributed by atoms with van der Waals surface area (Å²) in [4.78, 5) is 22.7. The number of carbonyl (C=O) groups is 1. The highest BCUT2D eigenvalue weighted by Gasteiger charge is 2.29. The summed E-state index contributed by atoms with van der Waals surface area (Å²) in [6.45, 7) is 0.654. The van der Waals surface area contributed by atoms with Crippen molar-refractivity contribution in [3.63, 3.8) is 0 Å². The zero-order valence-electron chi connectivity index (χ0n) is 6.46. The Morgan fingerprint density at radius 1 is 1.73 bits per heavy atom. The second kappa shape index (κ2) is 3.37. The molecule has 11 heavy (non-hydrogen) atoms. The van der Waals surface area contributed by atoms with Crippen LogP contribution < -0.4 is 5.32 Å². The molecule has 1 radical (unpaired) electrons. The van der Waals surface area contributed by atoms with E-state index in [0.717, 1.165) is 12.8 Å². The van der Waals surface area contributed by atoms with Gasteiger partial charge in [-0.1, -0.05) is 0 Å². The maximum absolute atomic E-state index is 11.1. The van der Waals surface area contributed by atoms with Gasteiger partial charge in [-0.05, 0) is 12.8 Å². The van der Waals surface area contributed by atoms with Crippen molar-refractivity contribution >= 4 is 12.3 Å². The third kappa shape index (κ3) is 1.50. The Labute approximate surface area is 65.6 Å². The fourth-order valence-corrected chi connectivity index (χ4v) is 1.32. The van der Waals surface area contributed by atoms with E-state index in [4.69, 9.17) is 0 Å². The number of hydrogen-bond acceptors (Lipinski definition) is 2. The molecule has 1 N–H and O–H groups in total. The molecule has 1 fully saturated rings. The summed E-state index contributed by atoms with van der Waals surface area (Å²) in [5.74, 6) is -0.0918. The molecule has 0 bridgehead atoms. The van der Waals surface area contributed by atoms with Gasteiger partial charge < -0.3 is 10.2 Å². The summed E-state index contributed by atoms with van der Waals surface area (Å²) in [5, 5.41) is 2.51. The summed E-state index contributed by atoms with van der Waals surface area (Å²) in [5.41, 5.74) is 0. The lowest BCUT2D eigenvalue weighted by Gasteiger charge is -2.16. The molecule has 1 atom stereocenters. The first-order valence-electron chi connectivity index (χ1n) is 3.65. The van der Waals surface area contributed by atoms with Crippen molar-refractivity contribution in [1.82, 2.24) is 10.2 Å². The largest absolute Gasteiger partial charge is 0.357 e. The van der Waals surface area contributed by atoms with Gasteiger partial charge in [-0.2, -0.15) is 0 Å². The van der Waals surface area contributed by atoms with Crippen molar-refractivity contribution in [3.8, 4) is 0 Å². The molecule has 0 aliphatic carbocycles. The van der Waals surface area contributed by atoms with Gasteiger partial charge in [0.1, 0.15) is 6.04 Å². The molecule has 1 unspecified atom stereocenters. The van der Waals surface area contributed by atoms with E-state index < -0.39 is 0 Å². The summed E-state index contributed by atoms with van der Waals surface area (Å²) in [6.07, 6.45) is 3.41. The third-order valence-electron chi connectivity index (χ3n) is 1.92.